The highest BCUT2D eigenvalue weighted by Gasteiger charge is 2.40. The predicted molar refractivity (Wildman–Crippen MR) is 85.4 cm³/mol. The van der Waals surface area contributed by atoms with Crippen molar-refractivity contribution >= 4 is 11.7 Å². The Kier molecular flexibility index (Phi) is 4.34. The first kappa shape index (κ1) is 16.9. The molecule has 0 saturated carbocycles. The van der Waals surface area contributed by atoms with E-state index in [0.29, 0.717) is 25.2 Å². The van der Waals surface area contributed by atoms with Gasteiger partial charge < -0.3 is 9.47 Å². The van der Waals surface area contributed by atoms with E-state index in [1.54, 1.807) is 11.0 Å². The Labute approximate surface area is 140 Å². The lowest BCUT2D eigenvalue weighted by atomic mass is 9.90. The molecule has 2 unspecified atom stereocenters. The molecule has 1 saturated heterocycles. The topological polar surface area (TPSA) is 38.8 Å². The van der Waals surface area contributed by atoms with Gasteiger partial charge in [0.1, 0.15) is 5.60 Å². The molecule has 1 aromatic carbocycles. The van der Waals surface area contributed by atoms with Crippen molar-refractivity contribution < 1.29 is 23.0 Å². The Bertz CT molecular complexity index is 681. The second-order valence-corrected chi connectivity index (χ2v) is 7.17. The van der Waals surface area contributed by atoms with E-state index in [1.165, 1.54) is 6.07 Å². The summed E-state index contributed by atoms with van der Waals surface area (Å²) in [7, 11) is 0. The third-order valence-electron chi connectivity index (χ3n) is 4.09. The normalized spacial score (nSPS) is 23.7. The molecule has 0 N–H and O–H groups in total. The number of fused-ring (bicyclic) bond motifs is 2. The Morgan fingerprint density at radius 2 is 2.00 bits per heavy atom. The van der Waals surface area contributed by atoms with Crippen molar-refractivity contribution in [2.75, 3.05) is 13.2 Å². The number of rotatable bonds is 1. The zero-order valence-corrected chi connectivity index (χ0v) is 14.0. The molecule has 1 fully saturated rings. The van der Waals surface area contributed by atoms with Crippen molar-refractivity contribution in [2.45, 2.75) is 44.9 Å². The van der Waals surface area contributed by atoms with E-state index >= 15 is 0 Å². The van der Waals surface area contributed by atoms with Crippen LogP contribution in [0.3, 0.4) is 0 Å². The van der Waals surface area contributed by atoms with E-state index < -0.39 is 17.2 Å². The molecule has 3 rings (SSSR count). The van der Waals surface area contributed by atoms with Crippen LogP contribution in [-0.2, 0) is 9.47 Å². The smallest absolute Gasteiger partial charge is 0.411 e. The molecule has 0 spiro atoms. The van der Waals surface area contributed by atoms with Crippen molar-refractivity contribution in [3.05, 3.63) is 41.5 Å². The summed E-state index contributed by atoms with van der Waals surface area (Å²) in [4.78, 5) is 14.2. The van der Waals surface area contributed by atoms with Crippen molar-refractivity contribution in [1.82, 2.24) is 4.90 Å². The average molecular weight is 337 g/mol. The maximum Gasteiger partial charge on any atom is 0.411 e. The van der Waals surface area contributed by atoms with E-state index in [9.17, 15) is 13.6 Å². The van der Waals surface area contributed by atoms with Gasteiger partial charge in [0, 0.05) is 0 Å². The van der Waals surface area contributed by atoms with Crippen LogP contribution in [0.5, 0.6) is 0 Å². The summed E-state index contributed by atoms with van der Waals surface area (Å²) in [5.41, 5.74) is 0.956. The lowest BCUT2D eigenvalue weighted by Crippen LogP contribution is -2.57. The maximum absolute atomic E-state index is 13.5. The third kappa shape index (κ3) is 3.43. The van der Waals surface area contributed by atoms with Crippen LogP contribution in [0.4, 0.5) is 13.6 Å². The standard InChI is InChI=1S/C18H21F2NO3/c1-18(2,3)24-17(22)21-13-6-12(7-14(21)10-23-9-13)11-4-5-15(19)16(20)8-11/h4-6,8,13-14H,7,9-10H2,1-3H3. The van der Waals surface area contributed by atoms with Gasteiger partial charge in [0.15, 0.2) is 11.6 Å². The first-order chi connectivity index (χ1) is 11.2. The van der Waals surface area contributed by atoms with E-state index in [2.05, 4.69) is 0 Å². The molecule has 1 aromatic rings. The fourth-order valence-electron chi connectivity index (χ4n) is 3.11. The largest absolute Gasteiger partial charge is 0.444 e. The summed E-state index contributed by atoms with van der Waals surface area (Å²) in [5.74, 6) is -1.74. The van der Waals surface area contributed by atoms with E-state index in [0.717, 1.165) is 11.6 Å². The van der Waals surface area contributed by atoms with Gasteiger partial charge in [0.25, 0.3) is 0 Å². The average Bonchev–Trinajstić information content (AvgIpc) is 2.47. The van der Waals surface area contributed by atoms with Crippen molar-refractivity contribution in [3.63, 3.8) is 0 Å². The fraction of sp³-hybridized carbons (Fsp3) is 0.500. The number of carbonyl (C=O) groups excluding carboxylic acids is 1. The van der Waals surface area contributed by atoms with E-state index in [4.69, 9.17) is 9.47 Å². The number of benzene rings is 1. The van der Waals surface area contributed by atoms with Gasteiger partial charge in [-0.3, -0.25) is 4.90 Å². The molecule has 0 radical (unpaired) electrons. The lowest BCUT2D eigenvalue weighted by Gasteiger charge is -2.44. The summed E-state index contributed by atoms with van der Waals surface area (Å²) in [6.45, 7) is 6.23. The maximum atomic E-state index is 13.5. The van der Waals surface area contributed by atoms with Crippen LogP contribution in [0, 0.1) is 11.6 Å². The third-order valence-corrected chi connectivity index (χ3v) is 4.09. The molecule has 4 nitrogen and oxygen atoms in total. The zero-order chi connectivity index (χ0) is 17.5. The van der Waals surface area contributed by atoms with Gasteiger partial charge in [-0.15, -0.1) is 0 Å². The molecule has 24 heavy (non-hydrogen) atoms. The SMILES string of the molecule is CC(C)(C)OC(=O)N1C2C=C(c3ccc(F)c(F)c3)CC1COC2. The van der Waals surface area contributed by atoms with Gasteiger partial charge in [-0.05, 0) is 50.5 Å². The molecular formula is C18H21F2NO3. The Morgan fingerprint density at radius 3 is 2.62 bits per heavy atom. The number of carbonyl (C=O) groups is 1. The molecule has 6 heteroatoms. The Balaban J connectivity index is 1.87. The van der Waals surface area contributed by atoms with Crippen molar-refractivity contribution in [3.8, 4) is 0 Å². The quantitative estimate of drug-likeness (QED) is 0.783. The predicted octanol–water partition coefficient (Wildman–Crippen LogP) is 3.76. The lowest BCUT2D eigenvalue weighted by molar-refractivity contribution is -0.0510. The molecule has 2 aliphatic rings. The van der Waals surface area contributed by atoms with Crippen LogP contribution in [-0.4, -0.2) is 41.9 Å². The molecule has 2 bridgehead atoms. The van der Waals surface area contributed by atoms with Crippen LogP contribution in [0.25, 0.3) is 5.57 Å². The van der Waals surface area contributed by atoms with E-state index in [1.807, 2.05) is 26.8 Å². The van der Waals surface area contributed by atoms with E-state index in [-0.39, 0.29) is 18.2 Å². The van der Waals surface area contributed by atoms with Gasteiger partial charge >= 0.3 is 6.09 Å². The minimum atomic E-state index is -0.871. The molecule has 0 aliphatic carbocycles. The number of morpholine rings is 1. The molecule has 2 aliphatic heterocycles. The fourth-order valence-corrected chi connectivity index (χ4v) is 3.11. The Hall–Kier alpha value is -1.95. The van der Waals surface area contributed by atoms with Crippen LogP contribution >= 0.6 is 0 Å². The number of ether oxygens (including phenoxy) is 2. The number of halogens is 2. The van der Waals surface area contributed by atoms with Crippen LogP contribution < -0.4 is 0 Å². The number of amides is 1. The van der Waals surface area contributed by atoms with Gasteiger partial charge in [0.05, 0.1) is 25.3 Å². The first-order valence-electron chi connectivity index (χ1n) is 8.00. The van der Waals surface area contributed by atoms with Crippen LogP contribution in [0.2, 0.25) is 0 Å². The summed E-state index contributed by atoms with van der Waals surface area (Å²) in [5, 5.41) is 0. The van der Waals surface area contributed by atoms with Crippen LogP contribution in [0.15, 0.2) is 24.3 Å². The monoisotopic (exact) mass is 337 g/mol. The number of hydrogen-bond acceptors (Lipinski definition) is 3. The minimum Gasteiger partial charge on any atom is -0.444 e. The molecular weight excluding hydrogens is 316 g/mol. The zero-order valence-electron chi connectivity index (χ0n) is 14.0. The second kappa shape index (κ2) is 6.16. The molecule has 2 heterocycles. The summed E-state index contributed by atoms with van der Waals surface area (Å²) in [6.07, 6.45) is 2.02. The minimum absolute atomic E-state index is 0.174. The van der Waals surface area contributed by atoms with Crippen LogP contribution in [0.1, 0.15) is 32.8 Å². The summed E-state index contributed by atoms with van der Waals surface area (Å²) < 4.78 is 37.7. The highest BCUT2D eigenvalue weighted by molar-refractivity contribution is 5.74. The highest BCUT2D eigenvalue weighted by Crippen LogP contribution is 2.34. The molecule has 130 valence electrons. The number of nitrogens with zero attached hydrogens (tertiary/aromatic N) is 1. The van der Waals surface area contributed by atoms with Crippen molar-refractivity contribution in [1.29, 1.82) is 0 Å². The number of hydrogen-bond donors (Lipinski definition) is 0. The molecule has 1 amide bonds. The van der Waals surface area contributed by atoms with Gasteiger partial charge in [-0.2, -0.15) is 0 Å². The van der Waals surface area contributed by atoms with Gasteiger partial charge in [0.2, 0.25) is 0 Å². The summed E-state index contributed by atoms with van der Waals surface area (Å²) >= 11 is 0. The summed E-state index contributed by atoms with van der Waals surface area (Å²) in [6, 6.07) is 3.44. The molecule has 0 aromatic heterocycles. The van der Waals surface area contributed by atoms with Gasteiger partial charge in [-0.1, -0.05) is 12.1 Å². The second-order valence-electron chi connectivity index (χ2n) is 7.17. The Morgan fingerprint density at radius 1 is 1.25 bits per heavy atom. The highest BCUT2D eigenvalue weighted by atomic mass is 19.2. The van der Waals surface area contributed by atoms with Gasteiger partial charge in [-0.25, -0.2) is 13.6 Å². The van der Waals surface area contributed by atoms with Crippen molar-refractivity contribution in [2.24, 2.45) is 0 Å². The first-order valence-corrected chi connectivity index (χ1v) is 8.00. The molecule has 2 atom stereocenters.